The predicted octanol–water partition coefficient (Wildman–Crippen LogP) is 3.38. The van der Waals surface area contributed by atoms with Gasteiger partial charge in [0.2, 0.25) is 0 Å². The topological polar surface area (TPSA) is 18.5 Å². The first-order valence-electron chi connectivity index (χ1n) is 6.08. The smallest absolute Gasteiger partial charge is 0.111 e. The highest BCUT2D eigenvalue weighted by atomic mass is 16.5. The van der Waals surface area contributed by atoms with Crippen LogP contribution in [0.2, 0.25) is 0 Å². The van der Waals surface area contributed by atoms with E-state index < -0.39 is 0 Å². The maximum Gasteiger partial charge on any atom is 0.111 e. The molecule has 1 rings (SSSR count). The van der Waals surface area contributed by atoms with Crippen LogP contribution < -0.4 is 0 Å². The van der Waals surface area contributed by atoms with E-state index >= 15 is 0 Å². The lowest BCUT2D eigenvalue weighted by molar-refractivity contribution is -0.00560. The van der Waals surface area contributed by atoms with Crippen molar-refractivity contribution in [1.82, 2.24) is 0 Å². The Hall–Kier alpha value is -0.500. The maximum absolute atomic E-state index is 5.74. The van der Waals surface area contributed by atoms with Crippen LogP contribution in [0.3, 0.4) is 0 Å². The van der Waals surface area contributed by atoms with Crippen molar-refractivity contribution in [3.8, 4) is 0 Å². The van der Waals surface area contributed by atoms with Crippen LogP contribution in [-0.2, 0) is 9.47 Å². The van der Waals surface area contributed by atoms with Crippen LogP contribution in [-0.4, -0.2) is 19.3 Å². The van der Waals surface area contributed by atoms with E-state index in [1.807, 2.05) is 0 Å². The average molecular weight is 212 g/mol. The van der Waals surface area contributed by atoms with Crippen molar-refractivity contribution in [1.29, 1.82) is 0 Å². The number of hydrogen-bond acceptors (Lipinski definition) is 2. The fraction of sp³-hybridized carbons (Fsp3) is 0.846. The van der Waals surface area contributed by atoms with Crippen molar-refractivity contribution < 1.29 is 9.47 Å². The third-order valence-electron chi connectivity index (χ3n) is 3.33. The second-order valence-corrected chi connectivity index (χ2v) is 4.69. The van der Waals surface area contributed by atoms with E-state index in [2.05, 4.69) is 20.4 Å². The summed E-state index contributed by atoms with van der Waals surface area (Å²) in [4.78, 5) is 0. The highest BCUT2D eigenvalue weighted by molar-refractivity contribution is 4.74. The lowest BCUT2D eigenvalue weighted by Crippen LogP contribution is -2.25. The van der Waals surface area contributed by atoms with Crippen molar-refractivity contribution in [2.45, 2.75) is 45.6 Å². The molecular weight excluding hydrogens is 188 g/mol. The Morgan fingerprint density at radius 2 is 1.87 bits per heavy atom. The minimum atomic E-state index is 0.466. The third kappa shape index (κ3) is 4.70. The molecule has 1 fully saturated rings. The number of hydrogen-bond donors (Lipinski definition) is 0. The lowest BCUT2D eigenvalue weighted by Gasteiger charge is -2.30. The first-order chi connectivity index (χ1) is 7.24. The highest BCUT2D eigenvalue weighted by Crippen LogP contribution is 2.31. The fourth-order valence-electron chi connectivity index (χ4n) is 2.27. The molecule has 1 saturated carbocycles. The average Bonchev–Trinajstić information content (AvgIpc) is 2.25. The zero-order chi connectivity index (χ0) is 11.1. The summed E-state index contributed by atoms with van der Waals surface area (Å²) in [5.74, 6) is 1.74. The number of ether oxygens (including phenoxy) is 2. The van der Waals surface area contributed by atoms with Crippen molar-refractivity contribution in [3.05, 3.63) is 12.8 Å². The summed E-state index contributed by atoms with van der Waals surface area (Å²) in [7, 11) is 0. The molecule has 0 radical (unpaired) electrons. The molecule has 0 unspecified atom stereocenters. The van der Waals surface area contributed by atoms with E-state index in [4.69, 9.17) is 9.47 Å². The second kappa shape index (κ2) is 6.89. The van der Waals surface area contributed by atoms with Gasteiger partial charge in [-0.3, -0.25) is 0 Å². The van der Waals surface area contributed by atoms with Crippen LogP contribution in [0, 0.1) is 11.8 Å². The summed E-state index contributed by atoms with van der Waals surface area (Å²) in [6.07, 6.45) is 7.02. The van der Waals surface area contributed by atoms with Crippen LogP contribution in [0.5, 0.6) is 0 Å². The number of rotatable bonds is 6. The Morgan fingerprint density at radius 1 is 1.20 bits per heavy atom. The van der Waals surface area contributed by atoms with Gasteiger partial charge in [0.05, 0.1) is 19.0 Å². The monoisotopic (exact) mass is 212 g/mol. The van der Waals surface area contributed by atoms with Gasteiger partial charge >= 0.3 is 0 Å². The second-order valence-electron chi connectivity index (χ2n) is 4.69. The molecule has 0 aromatic rings. The van der Waals surface area contributed by atoms with Crippen LogP contribution in [0.1, 0.15) is 39.5 Å². The Balaban J connectivity index is 2.06. The van der Waals surface area contributed by atoms with E-state index in [-0.39, 0.29) is 0 Å². The molecular formula is C13H24O2. The molecule has 0 saturated heterocycles. The summed E-state index contributed by atoms with van der Waals surface area (Å²) in [6.45, 7) is 9.47. The van der Waals surface area contributed by atoms with Crippen molar-refractivity contribution in [3.63, 3.8) is 0 Å². The van der Waals surface area contributed by atoms with Gasteiger partial charge in [0.15, 0.2) is 0 Å². The molecule has 0 N–H and O–H groups in total. The summed E-state index contributed by atoms with van der Waals surface area (Å²) in [5, 5.41) is 0. The minimum Gasteiger partial charge on any atom is -0.499 e. The molecule has 0 atom stereocenters. The quantitative estimate of drug-likeness (QED) is 0.496. The maximum atomic E-state index is 5.74. The molecule has 0 aromatic heterocycles. The van der Waals surface area contributed by atoms with Gasteiger partial charge in [-0.2, -0.15) is 0 Å². The molecule has 0 heterocycles. The summed E-state index contributed by atoms with van der Waals surface area (Å²) in [5.41, 5.74) is 0. The minimum absolute atomic E-state index is 0.466. The van der Waals surface area contributed by atoms with Gasteiger partial charge in [-0.1, -0.05) is 20.4 Å². The predicted molar refractivity (Wildman–Crippen MR) is 62.7 cm³/mol. The van der Waals surface area contributed by atoms with Crippen LogP contribution in [0.4, 0.5) is 0 Å². The molecule has 1 aliphatic rings. The van der Waals surface area contributed by atoms with Gasteiger partial charge < -0.3 is 9.47 Å². The Kier molecular flexibility index (Phi) is 5.77. The summed E-state index contributed by atoms with van der Waals surface area (Å²) in [6, 6.07) is 0. The van der Waals surface area contributed by atoms with Crippen molar-refractivity contribution in [2.75, 3.05) is 13.2 Å². The normalized spacial score (nSPS) is 26.6. The Labute approximate surface area is 93.7 Å². The Bertz CT molecular complexity index is 169. The van der Waals surface area contributed by atoms with E-state index in [1.54, 1.807) is 0 Å². The molecule has 1 aliphatic carbocycles. The van der Waals surface area contributed by atoms with Crippen molar-refractivity contribution >= 4 is 0 Å². The highest BCUT2D eigenvalue weighted by Gasteiger charge is 2.23. The molecule has 88 valence electrons. The van der Waals surface area contributed by atoms with E-state index in [1.165, 1.54) is 31.9 Å². The van der Waals surface area contributed by atoms with Gasteiger partial charge in [-0.05, 0) is 37.5 Å². The third-order valence-corrected chi connectivity index (χ3v) is 3.33. The molecule has 0 amide bonds. The molecule has 0 aromatic carbocycles. The first kappa shape index (κ1) is 12.6. The van der Waals surface area contributed by atoms with Crippen LogP contribution in [0.25, 0.3) is 0 Å². The summed E-state index contributed by atoms with van der Waals surface area (Å²) < 4.78 is 10.8. The fourth-order valence-corrected chi connectivity index (χ4v) is 2.27. The van der Waals surface area contributed by atoms with Crippen molar-refractivity contribution in [2.24, 2.45) is 11.8 Å². The van der Waals surface area contributed by atoms with E-state index in [0.29, 0.717) is 19.3 Å². The summed E-state index contributed by atoms with van der Waals surface area (Å²) >= 11 is 0. The molecule has 2 nitrogen and oxygen atoms in total. The van der Waals surface area contributed by atoms with Gasteiger partial charge in [-0.15, -0.1) is 0 Å². The SMILES string of the molecule is C=COCCOC1CCC(C(C)C)CC1. The van der Waals surface area contributed by atoms with Crippen LogP contribution in [0.15, 0.2) is 12.8 Å². The van der Waals surface area contributed by atoms with Gasteiger partial charge in [0.1, 0.15) is 6.61 Å². The molecule has 15 heavy (non-hydrogen) atoms. The van der Waals surface area contributed by atoms with Gasteiger partial charge in [-0.25, -0.2) is 0 Å². The molecule has 0 aliphatic heterocycles. The Morgan fingerprint density at radius 3 is 2.40 bits per heavy atom. The first-order valence-corrected chi connectivity index (χ1v) is 6.08. The molecule has 2 heteroatoms. The molecule has 0 bridgehead atoms. The van der Waals surface area contributed by atoms with Gasteiger partial charge in [0, 0.05) is 0 Å². The standard InChI is InChI=1S/C13H24O2/c1-4-14-9-10-15-13-7-5-12(6-8-13)11(2)3/h4,11-13H,1,5-10H2,2-3H3. The van der Waals surface area contributed by atoms with E-state index in [0.717, 1.165) is 11.8 Å². The zero-order valence-corrected chi connectivity index (χ0v) is 10.1. The van der Waals surface area contributed by atoms with Crippen LogP contribution >= 0.6 is 0 Å². The lowest BCUT2D eigenvalue weighted by atomic mass is 9.80. The largest absolute Gasteiger partial charge is 0.499 e. The molecule has 0 spiro atoms. The van der Waals surface area contributed by atoms with E-state index in [9.17, 15) is 0 Å². The zero-order valence-electron chi connectivity index (χ0n) is 10.1. The van der Waals surface area contributed by atoms with Gasteiger partial charge in [0.25, 0.3) is 0 Å².